The van der Waals surface area contributed by atoms with Gasteiger partial charge in [-0.15, -0.1) is 0 Å². The number of carbonyl (C=O) groups is 9. The van der Waals surface area contributed by atoms with E-state index in [1.807, 2.05) is 0 Å². The van der Waals surface area contributed by atoms with Crippen molar-refractivity contribution in [2.75, 3.05) is 0 Å². The van der Waals surface area contributed by atoms with Gasteiger partial charge in [-0.3, -0.25) is 28.8 Å². The summed E-state index contributed by atoms with van der Waals surface area (Å²) in [5.41, 5.74) is -8.22. The predicted molar refractivity (Wildman–Crippen MR) is 117 cm³/mol. The van der Waals surface area contributed by atoms with Crippen molar-refractivity contribution in [3.63, 3.8) is 0 Å². The summed E-state index contributed by atoms with van der Waals surface area (Å²) in [7, 11) is 0. The Morgan fingerprint density at radius 2 is 0.425 bits per heavy atom. The number of hydrogen-bond donors (Lipinski definition) is 12. The molecule has 0 spiro atoms. The minimum absolute atomic E-state index is 0. The first-order valence-electron chi connectivity index (χ1n) is 9.51. The normalized spacial score (nSPS) is 10.6. The Kier molecular flexibility index (Phi) is 19.4. The third-order valence-corrected chi connectivity index (χ3v) is 3.86. The third kappa shape index (κ3) is 18.9. The molecule has 225 valence electrons. The smallest absolute Gasteiger partial charge is 0.336 e. The van der Waals surface area contributed by atoms with E-state index in [2.05, 4.69) is 0 Å². The molecule has 0 aromatic heterocycles. The molecule has 0 bridgehead atoms. The van der Waals surface area contributed by atoms with E-state index < -0.39 is 109 Å². The monoisotopic (exact) mass is 643 g/mol. The zero-order chi connectivity index (χ0) is 31.9. The fourth-order valence-corrected chi connectivity index (χ4v) is 2.14. The minimum Gasteiger partial charge on any atom is -0.481 e. The van der Waals surface area contributed by atoms with Crippen LogP contribution in [0.5, 0.6) is 0 Å². The summed E-state index contributed by atoms with van der Waals surface area (Å²) in [5.74, 6) is -15.1. The zero-order valence-electron chi connectivity index (χ0n) is 19.9. The molecule has 0 fully saturated rings. The van der Waals surface area contributed by atoms with Crippen molar-refractivity contribution >= 4 is 73.5 Å². The maximum atomic E-state index is 10.3. The molecule has 0 unspecified atom stereocenters. The quantitative estimate of drug-likeness (QED) is 0.0753. The Labute approximate surface area is 233 Å². The van der Waals surface area contributed by atoms with Gasteiger partial charge in [0.1, 0.15) is 0 Å². The van der Waals surface area contributed by atoms with Crippen LogP contribution in [0, 0.1) is 0 Å². The molecule has 3 radical (unpaired) electrons. The van der Waals surface area contributed by atoms with Crippen LogP contribution in [0.4, 0.5) is 0 Å². The summed E-state index contributed by atoms with van der Waals surface area (Å²) in [6, 6.07) is 0. The first-order valence-corrected chi connectivity index (χ1v) is 9.51. The van der Waals surface area contributed by atoms with Gasteiger partial charge in [-0.1, -0.05) is 0 Å². The van der Waals surface area contributed by atoms with Crippen molar-refractivity contribution in [2.24, 2.45) is 0 Å². The number of carboxylic acids is 9. The van der Waals surface area contributed by atoms with Crippen LogP contribution in [0.1, 0.15) is 38.5 Å². The maximum absolute atomic E-state index is 10.3. The number of rotatable bonds is 15. The molecule has 0 aliphatic heterocycles. The van der Waals surface area contributed by atoms with Crippen molar-refractivity contribution in [1.29, 1.82) is 0 Å². The van der Waals surface area contributed by atoms with Gasteiger partial charge in [0, 0.05) is 19.8 Å². The first kappa shape index (κ1) is 42.8. The number of aliphatic carboxylic acids is 9. The van der Waals surface area contributed by atoms with Gasteiger partial charge in [0.2, 0.25) is 0 Å². The fraction of sp³-hybridized carbons (Fsp3) is 0.500. The van der Waals surface area contributed by atoms with E-state index in [9.17, 15) is 43.2 Å². The fourth-order valence-electron chi connectivity index (χ4n) is 2.14. The molecule has 0 aliphatic carbocycles. The van der Waals surface area contributed by atoms with Gasteiger partial charge in [-0.05, 0) is 0 Å². The molecule has 0 saturated heterocycles. The van der Waals surface area contributed by atoms with Crippen molar-refractivity contribution < 1.29 is 104 Å². The number of aliphatic hydroxyl groups is 3. The van der Waals surface area contributed by atoms with Crippen LogP contribution >= 0.6 is 0 Å². The number of hydrogen-bond acceptors (Lipinski definition) is 12. The Morgan fingerprint density at radius 1 is 0.325 bits per heavy atom. The molecule has 0 aliphatic rings. The van der Waals surface area contributed by atoms with E-state index in [1.165, 1.54) is 0 Å². The van der Waals surface area contributed by atoms with Gasteiger partial charge in [0.25, 0.3) is 0 Å². The van der Waals surface area contributed by atoms with Crippen LogP contribution in [0.15, 0.2) is 0 Å². The first-order chi connectivity index (χ1) is 17.3. The van der Waals surface area contributed by atoms with E-state index in [0.717, 1.165) is 0 Å². The van der Waals surface area contributed by atoms with E-state index in [0.29, 0.717) is 0 Å². The largest absolute Gasteiger partial charge is 0.481 e. The molecule has 21 nitrogen and oxygen atoms in total. The van der Waals surface area contributed by atoms with E-state index in [1.54, 1.807) is 0 Å². The van der Waals surface area contributed by atoms with Crippen LogP contribution in [0.2, 0.25) is 0 Å². The summed E-state index contributed by atoms with van der Waals surface area (Å²) >= 11 is 0. The average molecular weight is 643 g/mol. The van der Waals surface area contributed by atoms with E-state index >= 15 is 0 Å². The molecule has 0 aromatic carbocycles. The second kappa shape index (κ2) is 18.1. The molecule has 22 heteroatoms. The molecule has 0 atom stereocenters. The van der Waals surface area contributed by atoms with Crippen LogP contribution in [0.25, 0.3) is 0 Å². The number of carboxylic acid groups (broad SMARTS) is 9. The minimum atomic E-state index is -2.74. The van der Waals surface area contributed by atoms with Gasteiger partial charge < -0.3 is 61.3 Å². The molecule has 40 heavy (non-hydrogen) atoms. The second-order valence-corrected chi connectivity index (χ2v) is 7.43. The van der Waals surface area contributed by atoms with Gasteiger partial charge in [0.05, 0.1) is 38.5 Å². The standard InChI is InChI=1S/3C6H8O7.Ga/c3*7-3(8)1-6(13,5(11)12)2-4(9)10;/h3*13H,1-2H2,(H,7,8)(H,9,10)(H,11,12);/i;;;1-3. The summed E-state index contributed by atoms with van der Waals surface area (Å²) in [5, 5.41) is 101. The van der Waals surface area contributed by atoms with Gasteiger partial charge in [0.15, 0.2) is 16.8 Å². The maximum Gasteiger partial charge on any atom is 0.336 e. The van der Waals surface area contributed by atoms with Gasteiger partial charge in [-0.2, -0.15) is 0 Å². The predicted octanol–water partition coefficient (Wildman–Crippen LogP) is -4.13. The molecular formula is C18H24GaO21. The van der Waals surface area contributed by atoms with Crippen molar-refractivity contribution in [3.8, 4) is 0 Å². The topological polar surface area (TPSA) is 396 Å². The average Bonchev–Trinajstić information content (AvgIpc) is 2.64. The van der Waals surface area contributed by atoms with Crippen LogP contribution in [0.3, 0.4) is 0 Å². The second-order valence-electron chi connectivity index (χ2n) is 7.43. The molecular weight excluding hydrogens is 619 g/mol. The molecule has 12 N–H and O–H groups in total. The third-order valence-electron chi connectivity index (χ3n) is 3.86. The summed E-state index contributed by atoms with van der Waals surface area (Å²) in [6.07, 6.45) is -6.87. The Bertz CT molecular complexity index is 812. The van der Waals surface area contributed by atoms with Crippen molar-refractivity contribution in [2.45, 2.75) is 55.3 Å². The van der Waals surface area contributed by atoms with E-state index in [4.69, 9.17) is 61.3 Å². The van der Waals surface area contributed by atoms with Crippen molar-refractivity contribution in [1.82, 2.24) is 0 Å². The van der Waals surface area contributed by atoms with Gasteiger partial charge >= 0.3 is 53.7 Å². The Morgan fingerprint density at radius 3 is 0.475 bits per heavy atom. The van der Waals surface area contributed by atoms with E-state index in [-0.39, 0.29) is 19.8 Å². The molecule has 0 rings (SSSR count). The Balaban J connectivity index is -0.000000240. The zero-order valence-corrected chi connectivity index (χ0v) is 22.3. The summed E-state index contributed by atoms with van der Waals surface area (Å²) in [4.78, 5) is 91.5. The molecule has 0 heterocycles. The summed E-state index contributed by atoms with van der Waals surface area (Å²) < 4.78 is 0. The Hall–Kier alpha value is -4.25. The van der Waals surface area contributed by atoms with Crippen LogP contribution in [-0.2, 0) is 43.2 Å². The molecule has 0 amide bonds. The van der Waals surface area contributed by atoms with Crippen LogP contribution in [-0.4, -0.2) is 152 Å². The molecule has 0 aromatic rings. The summed E-state index contributed by atoms with van der Waals surface area (Å²) in [6.45, 7) is 0. The van der Waals surface area contributed by atoms with Crippen molar-refractivity contribution in [3.05, 3.63) is 0 Å². The van der Waals surface area contributed by atoms with Crippen LogP contribution < -0.4 is 0 Å². The SMILES string of the molecule is O=C(O)CC(O)(CC(=O)O)C(=O)O.O=C(O)CC(O)(CC(=O)O)C(=O)O.O=C(O)CC(O)(CC(=O)O)C(=O)O.[67Ga]. The van der Waals surface area contributed by atoms with Gasteiger partial charge in [-0.25, -0.2) is 14.4 Å². The molecule has 0 saturated carbocycles.